The fourth-order valence-electron chi connectivity index (χ4n) is 4.69. The van der Waals surface area contributed by atoms with Gasteiger partial charge in [0.25, 0.3) is 0 Å². The highest BCUT2D eigenvalue weighted by molar-refractivity contribution is 6.33. The molecule has 168 valence electrons. The Balaban J connectivity index is 1.43. The molecule has 1 aromatic heterocycles. The third-order valence-corrected chi connectivity index (χ3v) is 6.61. The molecule has 0 aliphatic carbocycles. The molecule has 1 aliphatic rings. The Morgan fingerprint density at radius 1 is 1.00 bits per heavy atom. The number of imidazole rings is 1. The number of aromatic nitrogens is 2. The van der Waals surface area contributed by atoms with Gasteiger partial charge in [-0.1, -0.05) is 54.1 Å². The Labute approximate surface area is 198 Å². The van der Waals surface area contributed by atoms with Crippen molar-refractivity contribution in [2.45, 2.75) is 32.7 Å². The van der Waals surface area contributed by atoms with E-state index in [1.54, 1.807) is 4.90 Å². The fourth-order valence-corrected chi connectivity index (χ4v) is 4.93. The Kier molecular flexibility index (Phi) is 5.81. The number of halogens is 1. The standard InChI is InChI=1S/C27H26ClN3O2/c1-18-8-7-9-19(2)26(18)33-15-14-30-24-13-6-4-11-22(24)29-27(30)20-16-25(32)31(17-20)23-12-5-3-10-21(23)28/h3-13,20H,14-17H2,1-2H3. The smallest absolute Gasteiger partial charge is 0.227 e. The van der Waals surface area contributed by atoms with Crippen LogP contribution in [0.1, 0.15) is 29.3 Å². The first-order valence-electron chi connectivity index (χ1n) is 11.2. The highest BCUT2D eigenvalue weighted by Gasteiger charge is 2.35. The molecule has 0 spiro atoms. The van der Waals surface area contributed by atoms with Crippen LogP contribution in [0.25, 0.3) is 11.0 Å². The van der Waals surface area contributed by atoms with E-state index in [1.165, 1.54) is 0 Å². The van der Waals surface area contributed by atoms with E-state index in [0.717, 1.165) is 39.4 Å². The lowest BCUT2D eigenvalue weighted by Gasteiger charge is -2.19. The van der Waals surface area contributed by atoms with Gasteiger partial charge in [0.2, 0.25) is 5.91 Å². The molecule has 2 heterocycles. The number of carbonyl (C=O) groups is 1. The second kappa shape index (κ2) is 8.91. The maximum atomic E-state index is 12.9. The van der Waals surface area contributed by atoms with E-state index in [1.807, 2.05) is 48.5 Å². The molecular formula is C27H26ClN3O2. The summed E-state index contributed by atoms with van der Waals surface area (Å²) in [7, 11) is 0. The molecule has 1 unspecified atom stereocenters. The molecule has 1 saturated heterocycles. The number of nitrogens with zero attached hydrogens (tertiary/aromatic N) is 3. The molecule has 33 heavy (non-hydrogen) atoms. The number of hydrogen-bond acceptors (Lipinski definition) is 3. The normalized spacial score (nSPS) is 16.0. The van der Waals surface area contributed by atoms with Crippen LogP contribution in [0.4, 0.5) is 5.69 Å². The van der Waals surface area contributed by atoms with Crippen LogP contribution in [0.2, 0.25) is 5.02 Å². The number of carbonyl (C=O) groups excluding carboxylic acids is 1. The van der Waals surface area contributed by atoms with Gasteiger partial charge >= 0.3 is 0 Å². The summed E-state index contributed by atoms with van der Waals surface area (Å²) in [4.78, 5) is 19.6. The number of benzene rings is 3. The highest BCUT2D eigenvalue weighted by Crippen LogP contribution is 2.36. The summed E-state index contributed by atoms with van der Waals surface area (Å²) in [6, 6.07) is 21.8. The average molecular weight is 460 g/mol. The highest BCUT2D eigenvalue weighted by atomic mass is 35.5. The molecule has 1 atom stereocenters. The third kappa shape index (κ3) is 4.09. The second-order valence-electron chi connectivity index (χ2n) is 8.54. The van der Waals surface area contributed by atoms with Crippen LogP contribution >= 0.6 is 11.6 Å². The molecule has 0 saturated carbocycles. The first-order chi connectivity index (χ1) is 16.0. The average Bonchev–Trinajstić information content (AvgIpc) is 3.37. The molecule has 5 rings (SSSR count). The molecule has 5 nitrogen and oxygen atoms in total. The van der Waals surface area contributed by atoms with Crippen molar-refractivity contribution in [3.63, 3.8) is 0 Å². The summed E-state index contributed by atoms with van der Waals surface area (Å²) in [5.74, 6) is 1.91. The lowest BCUT2D eigenvalue weighted by atomic mass is 10.1. The molecular weight excluding hydrogens is 434 g/mol. The van der Waals surface area contributed by atoms with Crippen LogP contribution in [0.3, 0.4) is 0 Å². The van der Waals surface area contributed by atoms with Crippen LogP contribution < -0.4 is 9.64 Å². The van der Waals surface area contributed by atoms with Gasteiger partial charge in [0, 0.05) is 18.9 Å². The second-order valence-corrected chi connectivity index (χ2v) is 8.94. The van der Waals surface area contributed by atoms with E-state index in [9.17, 15) is 4.79 Å². The van der Waals surface area contributed by atoms with Gasteiger partial charge in [0.15, 0.2) is 0 Å². The Morgan fingerprint density at radius 2 is 1.73 bits per heavy atom. The van der Waals surface area contributed by atoms with Crippen LogP contribution in [-0.2, 0) is 11.3 Å². The minimum absolute atomic E-state index is 0.0126. The summed E-state index contributed by atoms with van der Waals surface area (Å²) in [6.45, 7) is 5.86. The number of fused-ring (bicyclic) bond motifs is 1. The monoisotopic (exact) mass is 459 g/mol. The predicted octanol–water partition coefficient (Wildman–Crippen LogP) is 5.91. The maximum absolute atomic E-state index is 12.9. The lowest BCUT2D eigenvalue weighted by Crippen LogP contribution is -2.25. The number of para-hydroxylation sites is 4. The first kappa shape index (κ1) is 21.5. The van der Waals surface area contributed by atoms with Gasteiger partial charge in [-0.2, -0.15) is 0 Å². The molecule has 4 aromatic rings. The van der Waals surface area contributed by atoms with E-state index in [2.05, 4.69) is 36.6 Å². The van der Waals surface area contributed by atoms with Crippen molar-refractivity contribution in [3.05, 3.63) is 88.7 Å². The number of amides is 1. The summed E-state index contributed by atoms with van der Waals surface area (Å²) in [5, 5.41) is 0.585. The number of rotatable bonds is 6. The Bertz CT molecular complexity index is 1310. The van der Waals surface area contributed by atoms with Gasteiger partial charge in [0.05, 0.1) is 28.3 Å². The number of anilines is 1. The first-order valence-corrected chi connectivity index (χ1v) is 11.6. The van der Waals surface area contributed by atoms with Crippen LogP contribution in [0, 0.1) is 13.8 Å². The molecule has 6 heteroatoms. The van der Waals surface area contributed by atoms with Gasteiger partial charge in [-0.3, -0.25) is 4.79 Å². The lowest BCUT2D eigenvalue weighted by molar-refractivity contribution is -0.117. The van der Waals surface area contributed by atoms with Gasteiger partial charge in [0.1, 0.15) is 18.2 Å². The van der Waals surface area contributed by atoms with Crippen molar-refractivity contribution >= 4 is 34.2 Å². The predicted molar refractivity (Wildman–Crippen MR) is 132 cm³/mol. The van der Waals surface area contributed by atoms with E-state index in [-0.39, 0.29) is 11.8 Å². The molecule has 1 aliphatic heterocycles. The quantitative estimate of drug-likeness (QED) is 0.360. The van der Waals surface area contributed by atoms with Gasteiger partial charge in [-0.15, -0.1) is 0 Å². The molecule has 0 bridgehead atoms. The van der Waals surface area contributed by atoms with Gasteiger partial charge in [-0.05, 0) is 49.2 Å². The Hall–Kier alpha value is -3.31. The van der Waals surface area contributed by atoms with Crippen LogP contribution in [0.15, 0.2) is 66.7 Å². The van der Waals surface area contributed by atoms with Gasteiger partial charge < -0.3 is 14.2 Å². The summed E-state index contributed by atoms with van der Waals surface area (Å²) < 4.78 is 8.40. The third-order valence-electron chi connectivity index (χ3n) is 6.29. The van der Waals surface area contributed by atoms with Crippen LogP contribution in [0.5, 0.6) is 5.75 Å². The van der Waals surface area contributed by atoms with E-state index in [0.29, 0.717) is 31.1 Å². The number of aryl methyl sites for hydroxylation is 2. The topological polar surface area (TPSA) is 47.4 Å². The van der Waals surface area contributed by atoms with E-state index >= 15 is 0 Å². The number of hydrogen-bond donors (Lipinski definition) is 0. The molecule has 0 N–H and O–H groups in total. The molecule has 0 radical (unpaired) electrons. The fraction of sp³-hybridized carbons (Fsp3) is 0.259. The van der Waals surface area contributed by atoms with Crippen molar-refractivity contribution in [2.24, 2.45) is 0 Å². The zero-order valence-corrected chi connectivity index (χ0v) is 19.5. The van der Waals surface area contributed by atoms with Crippen molar-refractivity contribution < 1.29 is 9.53 Å². The summed E-state index contributed by atoms with van der Waals surface area (Å²) >= 11 is 6.38. The SMILES string of the molecule is Cc1cccc(C)c1OCCn1c(C2CC(=O)N(c3ccccc3Cl)C2)nc2ccccc21. The van der Waals surface area contributed by atoms with E-state index < -0.39 is 0 Å². The number of ether oxygens (including phenoxy) is 1. The zero-order valence-electron chi connectivity index (χ0n) is 18.8. The van der Waals surface area contributed by atoms with Gasteiger partial charge in [-0.25, -0.2) is 4.98 Å². The molecule has 3 aromatic carbocycles. The van der Waals surface area contributed by atoms with Crippen molar-refractivity contribution in [2.75, 3.05) is 18.1 Å². The minimum atomic E-state index is -0.0126. The maximum Gasteiger partial charge on any atom is 0.227 e. The summed E-state index contributed by atoms with van der Waals surface area (Å²) in [5.41, 5.74) is 5.00. The van der Waals surface area contributed by atoms with E-state index in [4.69, 9.17) is 21.3 Å². The van der Waals surface area contributed by atoms with Crippen molar-refractivity contribution in [3.8, 4) is 5.75 Å². The largest absolute Gasteiger partial charge is 0.491 e. The Morgan fingerprint density at radius 3 is 2.52 bits per heavy atom. The zero-order chi connectivity index (χ0) is 22.9. The van der Waals surface area contributed by atoms with Crippen molar-refractivity contribution in [1.82, 2.24) is 9.55 Å². The molecule has 1 fully saturated rings. The van der Waals surface area contributed by atoms with Crippen molar-refractivity contribution in [1.29, 1.82) is 0 Å². The minimum Gasteiger partial charge on any atom is -0.491 e. The summed E-state index contributed by atoms with van der Waals surface area (Å²) in [6.07, 6.45) is 0.409. The van der Waals surface area contributed by atoms with Crippen LogP contribution in [-0.4, -0.2) is 28.6 Å². The molecule has 1 amide bonds.